The molecule has 2 amide bonds. The molecule has 3 N–H and O–H groups in total. The summed E-state index contributed by atoms with van der Waals surface area (Å²) in [7, 11) is 0. The van der Waals surface area contributed by atoms with Crippen molar-refractivity contribution in [1.82, 2.24) is 20.1 Å². The van der Waals surface area contributed by atoms with Gasteiger partial charge in [-0.15, -0.1) is 0 Å². The Morgan fingerprint density at radius 1 is 1.45 bits per heavy atom. The lowest BCUT2D eigenvalue weighted by Gasteiger charge is -2.21. The number of aromatic nitrogens is 3. The van der Waals surface area contributed by atoms with Crippen LogP contribution in [0.3, 0.4) is 0 Å². The summed E-state index contributed by atoms with van der Waals surface area (Å²) in [5.41, 5.74) is 0.470. The normalized spacial score (nSPS) is 14.1. The maximum absolute atomic E-state index is 11.8. The predicted molar refractivity (Wildman–Crippen MR) is 85.8 cm³/mol. The Morgan fingerprint density at radius 3 is 2.82 bits per heavy atom. The van der Waals surface area contributed by atoms with Crippen molar-refractivity contribution in [2.45, 2.75) is 45.8 Å². The Balaban J connectivity index is 2.04. The Hall–Kier alpha value is -2.15. The van der Waals surface area contributed by atoms with Crippen molar-refractivity contribution in [1.29, 1.82) is 0 Å². The topological polar surface area (TPSA) is 92.1 Å². The van der Waals surface area contributed by atoms with Crippen LogP contribution in [0.1, 0.15) is 40.2 Å². The molecule has 0 unspecified atom stereocenters. The number of amides is 2. The van der Waals surface area contributed by atoms with Crippen molar-refractivity contribution in [2.24, 2.45) is 0 Å². The first-order chi connectivity index (χ1) is 10.3. The van der Waals surface area contributed by atoms with Gasteiger partial charge in [0.25, 0.3) is 0 Å². The summed E-state index contributed by atoms with van der Waals surface area (Å²) in [6.45, 7) is 7.81. The summed E-state index contributed by atoms with van der Waals surface area (Å²) in [6.07, 6.45) is 3.89. The number of anilines is 1. The van der Waals surface area contributed by atoms with Gasteiger partial charge in [0.1, 0.15) is 0 Å². The lowest BCUT2D eigenvalue weighted by Crippen LogP contribution is -2.41. The number of carbonyl (C=O) groups excluding carboxylic acids is 1. The molecule has 7 nitrogen and oxygen atoms in total. The van der Waals surface area contributed by atoms with Gasteiger partial charge in [-0.25, -0.2) is 14.5 Å². The zero-order valence-electron chi connectivity index (χ0n) is 13.4. The molecule has 2 aromatic rings. The zero-order chi connectivity index (χ0) is 16.3. The fourth-order valence-electron chi connectivity index (χ4n) is 1.96. The fraction of sp³-hybridized carbons (Fsp3) is 0.533. The van der Waals surface area contributed by atoms with Crippen LogP contribution in [0.15, 0.2) is 18.5 Å². The molecule has 0 fully saturated rings. The van der Waals surface area contributed by atoms with E-state index < -0.39 is 5.60 Å². The van der Waals surface area contributed by atoms with Gasteiger partial charge in [-0.2, -0.15) is 5.10 Å². The number of fused-ring (bicyclic) bond motifs is 1. The first-order valence-electron chi connectivity index (χ1n) is 7.43. The van der Waals surface area contributed by atoms with E-state index >= 15 is 0 Å². The van der Waals surface area contributed by atoms with Crippen LogP contribution < -0.4 is 10.6 Å². The monoisotopic (exact) mass is 305 g/mol. The first kappa shape index (κ1) is 16.2. The van der Waals surface area contributed by atoms with E-state index in [4.69, 9.17) is 0 Å². The summed E-state index contributed by atoms with van der Waals surface area (Å²) < 4.78 is 1.83. The summed E-state index contributed by atoms with van der Waals surface area (Å²) in [6, 6.07) is 1.68. The second-order valence-electron chi connectivity index (χ2n) is 5.98. The lowest BCUT2D eigenvalue weighted by molar-refractivity contribution is 0.0587. The van der Waals surface area contributed by atoms with Crippen LogP contribution in [0, 0.1) is 0 Å². The van der Waals surface area contributed by atoms with Crippen molar-refractivity contribution >= 4 is 22.8 Å². The van der Waals surface area contributed by atoms with Crippen molar-refractivity contribution in [2.75, 3.05) is 11.9 Å². The van der Waals surface area contributed by atoms with Crippen LogP contribution in [-0.4, -0.2) is 38.0 Å². The minimum atomic E-state index is -0.905. The molecule has 0 aliphatic heterocycles. The van der Waals surface area contributed by atoms with Gasteiger partial charge in [-0.05, 0) is 33.3 Å². The van der Waals surface area contributed by atoms with Crippen molar-refractivity contribution in [3.63, 3.8) is 0 Å². The molecule has 0 saturated carbocycles. The number of urea groups is 1. The molecule has 0 aliphatic carbocycles. The van der Waals surface area contributed by atoms with Gasteiger partial charge in [-0.1, -0.05) is 6.92 Å². The number of pyridine rings is 1. The Labute approximate surface area is 129 Å². The molecular formula is C15H23N5O2. The van der Waals surface area contributed by atoms with E-state index in [-0.39, 0.29) is 18.6 Å². The second kappa shape index (κ2) is 6.31. The molecule has 120 valence electrons. The van der Waals surface area contributed by atoms with Gasteiger partial charge >= 0.3 is 6.03 Å². The number of rotatable bonds is 5. The number of aliphatic hydroxyl groups is 1. The zero-order valence-corrected chi connectivity index (χ0v) is 13.4. The molecule has 2 aromatic heterocycles. The SMILES string of the molecule is CC[C@](C)(O)CNC(=O)Nc1cnc2c(cnn2C(C)C)c1. The molecule has 0 aromatic carbocycles. The highest BCUT2D eigenvalue weighted by Gasteiger charge is 2.18. The minimum absolute atomic E-state index is 0.191. The lowest BCUT2D eigenvalue weighted by atomic mass is 10.0. The third-order valence-electron chi connectivity index (χ3n) is 3.57. The van der Waals surface area contributed by atoms with E-state index in [1.165, 1.54) is 0 Å². The molecule has 0 aliphatic rings. The highest BCUT2D eigenvalue weighted by Crippen LogP contribution is 2.19. The summed E-state index contributed by atoms with van der Waals surface area (Å²) in [4.78, 5) is 16.2. The second-order valence-corrected chi connectivity index (χ2v) is 5.98. The van der Waals surface area contributed by atoms with Crippen molar-refractivity contribution in [3.05, 3.63) is 18.5 Å². The molecule has 0 saturated heterocycles. The van der Waals surface area contributed by atoms with E-state index in [2.05, 4.69) is 20.7 Å². The van der Waals surface area contributed by atoms with E-state index in [0.717, 1.165) is 11.0 Å². The molecule has 2 heterocycles. The third-order valence-corrected chi connectivity index (χ3v) is 3.57. The van der Waals surface area contributed by atoms with Gasteiger partial charge < -0.3 is 15.7 Å². The van der Waals surface area contributed by atoms with Crippen LogP contribution in [-0.2, 0) is 0 Å². The van der Waals surface area contributed by atoms with Crippen LogP contribution in [0.25, 0.3) is 11.0 Å². The van der Waals surface area contributed by atoms with Gasteiger partial charge in [0.15, 0.2) is 5.65 Å². The average Bonchev–Trinajstić information content (AvgIpc) is 2.88. The van der Waals surface area contributed by atoms with E-state index in [1.54, 1.807) is 19.3 Å². The van der Waals surface area contributed by atoms with E-state index in [0.29, 0.717) is 12.1 Å². The molecule has 7 heteroatoms. The van der Waals surface area contributed by atoms with Crippen LogP contribution in [0.2, 0.25) is 0 Å². The van der Waals surface area contributed by atoms with Crippen molar-refractivity contribution < 1.29 is 9.90 Å². The van der Waals surface area contributed by atoms with Crippen LogP contribution in [0.5, 0.6) is 0 Å². The minimum Gasteiger partial charge on any atom is -0.388 e. The smallest absolute Gasteiger partial charge is 0.319 e. The average molecular weight is 305 g/mol. The van der Waals surface area contributed by atoms with Gasteiger partial charge in [0, 0.05) is 18.0 Å². The molecule has 0 radical (unpaired) electrons. The fourth-order valence-corrected chi connectivity index (χ4v) is 1.96. The number of carbonyl (C=O) groups is 1. The summed E-state index contributed by atoms with van der Waals surface area (Å²) in [5, 5.41) is 20.4. The first-order valence-corrected chi connectivity index (χ1v) is 7.43. The molecule has 0 bridgehead atoms. The highest BCUT2D eigenvalue weighted by molar-refractivity contribution is 5.91. The maximum Gasteiger partial charge on any atom is 0.319 e. The molecule has 1 atom stereocenters. The predicted octanol–water partition coefficient (Wildman–Crippen LogP) is 2.29. The van der Waals surface area contributed by atoms with Gasteiger partial charge in [-0.3, -0.25) is 0 Å². The largest absolute Gasteiger partial charge is 0.388 e. The molecule has 2 rings (SSSR count). The van der Waals surface area contributed by atoms with E-state index in [9.17, 15) is 9.90 Å². The standard InChI is InChI=1S/C15H23N5O2/c1-5-15(4,22)9-17-14(21)19-12-6-11-7-18-20(10(2)3)13(11)16-8-12/h6-8,10,22H,5,9H2,1-4H3,(H2,17,19,21)/t15-/m0/s1. The van der Waals surface area contributed by atoms with Crippen LogP contribution in [0.4, 0.5) is 10.5 Å². The summed E-state index contributed by atoms with van der Waals surface area (Å²) in [5.74, 6) is 0. The van der Waals surface area contributed by atoms with E-state index in [1.807, 2.05) is 31.5 Å². The summed E-state index contributed by atoms with van der Waals surface area (Å²) >= 11 is 0. The highest BCUT2D eigenvalue weighted by atomic mass is 16.3. The molecule has 0 spiro atoms. The van der Waals surface area contributed by atoms with Gasteiger partial charge in [0.2, 0.25) is 0 Å². The Morgan fingerprint density at radius 2 is 2.18 bits per heavy atom. The van der Waals surface area contributed by atoms with Crippen LogP contribution >= 0.6 is 0 Å². The number of hydrogen-bond donors (Lipinski definition) is 3. The third kappa shape index (κ3) is 3.73. The Bertz CT molecular complexity index is 663. The quantitative estimate of drug-likeness (QED) is 0.790. The maximum atomic E-state index is 11.8. The number of nitrogens with zero attached hydrogens (tertiary/aromatic N) is 3. The van der Waals surface area contributed by atoms with Crippen molar-refractivity contribution in [3.8, 4) is 0 Å². The Kier molecular flexibility index (Phi) is 4.65. The number of hydrogen-bond acceptors (Lipinski definition) is 4. The molecular weight excluding hydrogens is 282 g/mol. The number of nitrogens with one attached hydrogen (secondary N) is 2. The molecule has 22 heavy (non-hydrogen) atoms. The van der Waals surface area contributed by atoms with Gasteiger partial charge in [0.05, 0.1) is 23.7 Å².